The number of halogens is 2. The van der Waals surface area contributed by atoms with Crippen molar-refractivity contribution in [3.63, 3.8) is 0 Å². The summed E-state index contributed by atoms with van der Waals surface area (Å²) in [4.78, 5) is 70.6. The average Bonchev–Trinajstić information content (AvgIpc) is 3.02. The van der Waals surface area contributed by atoms with Crippen molar-refractivity contribution in [3.05, 3.63) is 113 Å². The summed E-state index contributed by atoms with van der Waals surface area (Å²) in [7, 11) is 0. The molecule has 2 atom stereocenters. The summed E-state index contributed by atoms with van der Waals surface area (Å²) in [5.41, 5.74) is 5.65. The van der Waals surface area contributed by atoms with Gasteiger partial charge in [-0.2, -0.15) is 10.2 Å². The SMILES string of the molecule is C[C@H](NC(=O)Cc1cccc(CC(=O)N[C@@H](C)C(=O)N/N=C/c2ccc(Cl)c([N+](=O)[O-])c2)c1)C(=O)N/N=C/c1ccc(Cl)c([N+](=O)[O-])c1. The van der Waals surface area contributed by atoms with Gasteiger partial charge in [0.05, 0.1) is 35.1 Å². The van der Waals surface area contributed by atoms with Crippen molar-refractivity contribution in [2.45, 2.75) is 38.8 Å². The standard InChI is InChI=1S/C30H28Cl2N8O8/c1-17(29(43)37-33-15-21-6-8-23(31)25(11-21)39(45)46)35-27(41)13-19-4-3-5-20(10-19)14-28(42)36-18(2)30(44)38-34-16-22-7-9-24(32)26(12-22)40(47)48/h3-12,15-18H,13-14H2,1-2H3,(H,35,41)(H,36,42)(H,37,43)(H,38,44)/b33-15+,34-16+/t17-,18-/m0/s1. The molecule has 0 radical (unpaired) electrons. The summed E-state index contributed by atoms with van der Waals surface area (Å²) in [6.07, 6.45) is 2.19. The summed E-state index contributed by atoms with van der Waals surface area (Å²) in [5.74, 6) is -2.22. The monoisotopic (exact) mass is 698 g/mol. The van der Waals surface area contributed by atoms with Gasteiger partial charge in [-0.05, 0) is 37.1 Å². The molecule has 4 N–H and O–H groups in total. The maximum absolute atomic E-state index is 12.6. The Hall–Kier alpha value is -5.74. The minimum absolute atomic E-state index is 0.0428. The highest BCUT2D eigenvalue weighted by Crippen LogP contribution is 2.25. The largest absolute Gasteiger partial charge is 0.344 e. The van der Waals surface area contributed by atoms with Gasteiger partial charge in [0, 0.05) is 23.3 Å². The van der Waals surface area contributed by atoms with Crippen LogP contribution in [-0.2, 0) is 32.0 Å². The molecule has 0 saturated heterocycles. The Kier molecular flexibility index (Phi) is 13.2. The number of nitro benzene ring substituents is 2. The topological polar surface area (TPSA) is 227 Å². The first-order valence-electron chi connectivity index (χ1n) is 13.9. The van der Waals surface area contributed by atoms with Gasteiger partial charge < -0.3 is 10.6 Å². The van der Waals surface area contributed by atoms with E-state index >= 15 is 0 Å². The van der Waals surface area contributed by atoms with E-state index in [2.05, 4.69) is 31.7 Å². The molecule has 0 aliphatic carbocycles. The lowest BCUT2D eigenvalue weighted by atomic mass is 10.0. The summed E-state index contributed by atoms with van der Waals surface area (Å²) in [5, 5.41) is 34.5. The van der Waals surface area contributed by atoms with E-state index in [4.69, 9.17) is 23.2 Å². The van der Waals surface area contributed by atoms with Crippen LogP contribution in [0.5, 0.6) is 0 Å². The first kappa shape index (κ1) is 36.7. The highest BCUT2D eigenvalue weighted by Gasteiger charge is 2.18. The molecule has 0 bridgehead atoms. The van der Waals surface area contributed by atoms with E-state index in [1.54, 1.807) is 24.3 Å². The number of carbonyl (C=O) groups excluding carboxylic acids is 4. The molecule has 0 spiro atoms. The highest BCUT2D eigenvalue weighted by atomic mass is 35.5. The third-order valence-corrected chi connectivity index (χ3v) is 7.01. The second-order valence-electron chi connectivity index (χ2n) is 10.2. The maximum Gasteiger partial charge on any atom is 0.288 e. The average molecular weight is 700 g/mol. The number of hydrogen-bond acceptors (Lipinski definition) is 10. The van der Waals surface area contributed by atoms with Crippen molar-refractivity contribution in [2.24, 2.45) is 10.2 Å². The predicted octanol–water partition coefficient (Wildman–Crippen LogP) is 3.20. The molecule has 0 heterocycles. The third kappa shape index (κ3) is 11.3. The molecule has 0 saturated carbocycles. The second-order valence-corrected chi connectivity index (χ2v) is 11.0. The minimum Gasteiger partial charge on any atom is -0.344 e. The van der Waals surface area contributed by atoms with Crippen molar-refractivity contribution in [1.82, 2.24) is 21.5 Å². The van der Waals surface area contributed by atoms with Gasteiger partial charge in [-0.1, -0.05) is 59.6 Å². The quantitative estimate of drug-likeness (QED) is 0.111. The molecule has 18 heteroatoms. The molecule has 3 aromatic rings. The van der Waals surface area contributed by atoms with Crippen molar-refractivity contribution in [1.29, 1.82) is 0 Å². The Balaban J connectivity index is 1.45. The number of benzene rings is 3. The number of hydrazone groups is 2. The van der Waals surface area contributed by atoms with Gasteiger partial charge in [0.1, 0.15) is 22.1 Å². The van der Waals surface area contributed by atoms with E-state index in [1.165, 1.54) is 62.7 Å². The number of amides is 4. The number of nitrogens with one attached hydrogen (secondary N) is 4. The zero-order valence-electron chi connectivity index (χ0n) is 25.3. The van der Waals surface area contributed by atoms with E-state index in [1.807, 2.05) is 0 Å². The van der Waals surface area contributed by atoms with Crippen molar-refractivity contribution < 1.29 is 29.0 Å². The molecule has 0 aliphatic heterocycles. The van der Waals surface area contributed by atoms with Crippen LogP contribution in [0, 0.1) is 20.2 Å². The zero-order valence-corrected chi connectivity index (χ0v) is 26.8. The van der Waals surface area contributed by atoms with Crippen LogP contribution in [-0.4, -0.2) is 58.0 Å². The molecule has 250 valence electrons. The zero-order chi connectivity index (χ0) is 35.4. The molecular weight excluding hydrogens is 671 g/mol. The summed E-state index contributed by atoms with van der Waals surface area (Å²) >= 11 is 11.6. The predicted molar refractivity (Wildman–Crippen MR) is 177 cm³/mol. The van der Waals surface area contributed by atoms with Gasteiger partial charge in [0.15, 0.2) is 0 Å². The number of nitro groups is 2. The lowest BCUT2D eigenvalue weighted by Crippen LogP contribution is -2.44. The van der Waals surface area contributed by atoms with Gasteiger partial charge in [-0.15, -0.1) is 0 Å². The Bertz CT molecular complexity index is 1680. The number of carbonyl (C=O) groups is 4. The van der Waals surface area contributed by atoms with Crippen LogP contribution in [0.3, 0.4) is 0 Å². The number of hydrogen-bond donors (Lipinski definition) is 4. The highest BCUT2D eigenvalue weighted by molar-refractivity contribution is 6.33. The molecule has 16 nitrogen and oxygen atoms in total. The number of nitrogens with zero attached hydrogens (tertiary/aromatic N) is 4. The molecule has 0 fully saturated rings. The van der Waals surface area contributed by atoms with Gasteiger partial charge in [0.25, 0.3) is 23.2 Å². The van der Waals surface area contributed by atoms with Crippen molar-refractivity contribution >= 4 is 70.6 Å². The van der Waals surface area contributed by atoms with E-state index < -0.39 is 45.6 Å². The van der Waals surface area contributed by atoms with Crippen LogP contribution >= 0.6 is 23.2 Å². The molecule has 0 aliphatic rings. The molecule has 4 amide bonds. The van der Waals surface area contributed by atoms with Crippen LogP contribution in [0.4, 0.5) is 11.4 Å². The third-order valence-electron chi connectivity index (χ3n) is 6.37. The van der Waals surface area contributed by atoms with Crippen LogP contribution in [0.2, 0.25) is 10.0 Å². The summed E-state index contributed by atoms with van der Waals surface area (Å²) < 4.78 is 0. The van der Waals surface area contributed by atoms with Crippen molar-refractivity contribution in [3.8, 4) is 0 Å². The fourth-order valence-electron chi connectivity index (χ4n) is 3.97. The van der Waals surface area contributed by atoms with E-state index in [0.29, 0.717) is 22.3 Å². The first-order valence-corrected chi connectivity index (χ1v) is 14.7. The molecule has 3 rings (SSSR count). The fourth-order valence-corrected chi connectivity index (χ4v) is 4.34. The van der Waals surface area contributed by atoms with Crippen LogP contribution in [0.1, 0.15) is 36.1 Å². The smallest absolute Gasteiger partial charge is 0.288 e. The normalized spacial score (nSPS) is 12.2. The molecular formula is C30H28Cl2N8O8. The molecule has 0 aromatic heterocycles. The summed E-state index contributed by atoms with van der Waals surface area (Å²) in [6, 6.07) is 12.7. The molecule has 48 heavy (non-hydrogen) atoms. The maximum atomic E-state index is 12.6. The summed E-state index contributed by atoms with van der Waals surface area (Å²) in [6.45, 7) is 2.89. The van der Waals surface area contributed by atoms with Gasteiger partial charge in [-0.3, -0.25) is 39.4 Å². The van der Waals surface area contributed by atoms with Crippen molar-refractivity contribution in [2.75, 3.05) is 0 Å². The van der Waals surface area contributed by atoms with Crippen LogP contribution in [0.15, 0.2) is 70.9 Å². The lowest BCUT2D eigenvalue weighted by Gasteiger charge is -2.13. The Labute approximate surface area is 282 Å². The lowest BCUT2D eigenvalue weighted by molar-refractivity contribution is -0.384. The van der Waals surface area contributed by atoms with Crippen LogP contribution in [0.25, 0.3) is 0 Å². The molecule has 3 aromatic carbocycles. The minimum atomic E-state index is -0.968. The molecule has 0 unspecified atom stereocenters. The Morgan fingerprint density at radius 1 is 0.708 bits per heavy atom. The second kappa shape index (κ2) is 17.3. The van der Waals surface area contributed by atoms with Gasteiger partial charge >= 0.3 is 0 Å². The van der Waals surface area contributed by atoms with E-state index in [-0.39, 0.29) is 34.3 Å². The van der Waals surface area contributed by atoms with Gasteiger partial charge in [-0.25, -0.2) is 10.9 Å². The Morgan fingerprint density at radius 3 is 1.48 bits per heavy atom. The van der Waals surface area contributed by atoms with E-state index in [0.717, 1.165) is 0 Å². The van der Waals surface area contributed by atoms with E-state index in [9.17, 15) is 39.4 Å². The first-order chi connectivity index (χ1) is 22.7. The fraction of sp³-hybridized carbons (Fsp3) is 0.200. The van der Waals surface area contributed by atoms with Crippen LogP contribution < -0.4 is 21.5 Å². The Morgan fingerprint density at radius 2 is 1.10 bits per heavy atom. The van der Waals surface area contributed by atoms with Gasteiger partial charge in [0.2, 0.25) is 11.8 Å². The number of rotatable bonds is 14.